The highest BCUT2D eigenvalue weighted by atomic mass is 19.1. The van der Waals surface area contributed by atoms with Crippen molar-refractivity contribution in [3.05, 3.63) is 89.0 Å². The molecule has 4 aromatic rings. The van der Waals surface area contributed by atoms with E-state index in [0.29, 0.717) is 28.5 Å². The van der Waals surface area contributed by atoms with Crippen molar-refractivity contribution in [1.29, 1.82) is 0 Å². The van der Waals surface area contributed by atoms with E-state index < -0.39 is 5.82 Å². The number of pyridine rings is 1. The molecule has 0 atom stereocenters. The minimum atomic E-state index is -0.400. The van der Waals surface area contributed by atoms with Crippen LogP contribution in [0.3, 0.4) is 0 Å². The van der Waals surface area contributed by atoms with Crippen molar-refractivity contribution in [3.8, 4) is 22.4 Å². The van der Waals surface area contributed by atoms with E-state index in [1.807, 2.05) is 24.3 Å². The normalized spacial score (nSPS) is 12.7. The standard InChI is InChI=1S/C26H20F2N2O/c1-29-26(31)24-20-7-4-5-15-13-16(18-6-2-3-8-22(18)28)9-11-19(15)25(20)30-23-12-10-17(27)14-21(23)24/h2-3,6,8-14H,4-5,7H2,1H3,(H,29,31). The molecule has 1 aliphatic carbocycles. The second-order valence-electron chi connectivity index (χ2n) is 7.76. The van der Waals surface area contributed by atoms with Gasteiger partial charge in [-0.05, 0) is 60.2 Å². The van der Waals surface area contributed by atoms with Gasteiger partial charge in [0.05, 0.1) is 16.8 Å². The third-order valence-electron chi connectivity index (χ3n) is 5.92. The number of nitrogens with zero attached hydrogens (tertiary/aromatic N) is 1. The number of aryl methyl sites for hydroxylation is 1. The van der Waals surface area contributed by atoms with Gasteiger partial charge in [-0.15, -0.1) is 0 Å². The predicted octanol–water partition coefficient (Wildman–Crippen LogP) is 5.70. The molecular weight excluding hydrogens is 394 g/mol. The fraction of sp³-hybridized carbons (Fsp3) is 0.154. The number of aromatic nitrogens is 1. The molecule has 1 aromatic heterocycles. The predicted molar refractivity (Wildman–Crippen MR) is 118 cm³/mol. The number of halogens is 2. The van der Waals surface area contributed by atoms with E-state index in [2.05, 4.69) is 5.32 Å². The van der Waals surface area contributed by atoms with Crippen LogP contribution in [0.4, 0.5) is 8.78 Å². The Labute approximate surface area is 178 Å². The Morgan fingerprint density at radius 3 is 2.61 bits per heavy atom. The summed E-state index contributed by atoms with van der Waals surface area (Å²) >= 11 is 0. The van der Waals surface area contributed by atoms with Crippen LogP contribution in [0.2, 0.25) is 0 Å². The lowest BCUT2D eigenvalue weighted by Gasteiger charge is -2.16. The van der Waals surface area contributed by atoms with Gasteiger partial charge in [0.2, 0.25) is 0 Å². The molecule has 31 heavy (non-hydrogen) atoms. The molecule has 5 heteroatoms. The summed E-state index contributed by atoms with van der Waals surface area (Å²) in [6, 6.07) is 16.9. The zero-order chi connectivity index (χ0) is 21.5. The average molecular weight is 414 g/mol. The van der Waals surface area contributed by atoms with E-state index in [4.69, 9.17) is 4.98 Å². The summed E-state index contributed by atoms with van der Waals surface area (Å²) in [4.78, 5) is 17.6. The molecule has 3 aromatic carbocycles. The number of benzene rings is 3. The van der Waals surface area contributed by atoms with Gasteiger partial charge in [0, 0.05) is 23.6 Å². The van der Waals surface area contributed by atoms with E-state index in [1.165, 1.54) is 18.2 Å². The maximum atomic E-state index is 14.3. The number of fused-ring (bicyclic) bond motifs is 4. The van der Waals surface area contributed by atoms with Crippen molar-refractivity contribution in [3.63, 3.8) is 0 Å². The fourth-order valence-corrected chi connectivity index (χ4v) is 4.48. The van der Waals surface area contributed by atoms with Crippen molar-refractivity contribution in [2.24, 2.45) is 0 Å². The zero-order valence-electron chi connectivity index (χ0n) is 17.0. The molecule has 0 unspecified atom stereocenters. The lowest BCUT2D eigenvalue weighted by atomic mass is 9.93. The summed E-state index contributed by atoms with van der Waals surface area (Å²) in [7, 11) is 1.58. The smallest absolute Gasteiger partial charge is 0.252 e. The van der Waals surface area contributed by atoms with Crippen LogP contribution in [0.25, 0.3) is 33.3 Å². The fourth-order valence-electron chi connectivity index (χ4n) is 4.48. The van der Waals surface area contributed by atoms with E-state index in [1.54, 1.807) is 25.2 Å². The van der Waals surface area contributed by atoms with Crippen LogP contribution in [0.1, 0.15) is 27.9 Å². The minimum absolute atomic E-state index is 0.249. The molecule has 5 rings (SSSR count). The maximum absolute atomic E-state index is 14.3. The number of amides is 1. The summed E-state index contributed by atoms with van der Waals surface area (Å²) in [5.74, 6) is -0.909. The molecule has 0 aliphatic heterocycles. The minimum Gasteiger partial charge on any atom is -0.355 e. The van der Waals surface area contributed by atoms with Crippen molar-refractivity contribution >= 4 is 16.8 Å². The first-order chi connectivity index (χ1) is 15.1. The Balaban J connectivity index is 1.76. The van der Waals surface area contributed by atoms with Gasteiger partial charge in [-0.3, -0.25) is 4.79 Å². The van der Waals surface area contributed by atoms with E-state index in [0.717, 1.165) is 40.8 Å². The van der Waals surface area contributed by atoms with Crippen molar-refractivity contribution in [1.82, 2.24) is 10.3 Å². The number of hydrogen-bond donors (Lipinski definition) is 1. The first-order valence-electron chi connectivity index (χ1n) is 10.3. The van der Waals surface area contributed by atoms with Crippen LogP contribution in [-0.2, 0) is 12.8 Å². The van der Waals surface area contributed by atoms with Crippen molar-refractivity contribution < 1.29 is 13.6 Å². The molecule has 0 spiro atoms. The molecule has 1 aliphatic rings. The molecule has 0 saturated carbocycles. The second-order valence-corrected chi connectivity index (χ2v) is 7.76. The van der Waals surface area contributed by atoms with Crippen LogP contribution in [-0.4, -0.2) is 17.9 Å². The SMILES string of the molecule is CNC(=O)c1c2c(nc3ccc(F)cc13)-c1ccc(-c3ccccc3F)cc1CCC2. The van der Waals surface area contributed by atoms with Gasteiger partial charge in [0.15, 0.2) is 0 Å². The Morgan fingerprint density at radius 1 is 0.968 bits per heavy atom. The zero-order valence-corrected chi connectivity index (χ0v) is 17.0. The summed E-state index contributed by atoms with van der Waals surface area (Å²) < 4.78 is 28.3. The number of rotatable bonds is 2. The molecule has 0 fully saturated rings. The molecule has 1 heterocycles. The summed E-state index contributed by atoms with van der Waals surface area (Å²) in [5, 5.41) is 3.21. The Morgan fingerprint density at radius 2 is 1.81 bits per heavy atom. The lowest BCUT2D eigenvalue weighted by Crippen LogP contribution is -2.21. The molecule has 0 bridgehead atoms. The highest BCUT2D eigenvalue weighted by Gasteiger charge is 2.25. The van der Waals surface area contributed by atoms with E-state index in [-0.39, 0.29) is 11.7 Å². The molecule has 0 radical (unpaired) electrons. The second kappa shape index (κ2) is 7.58. The third kappa shape index (κ3) is 3.26. The van der Waals surface area contributed by atoms with Crippen molar-refractivity contribution in [2.75, 3.05) is 7.05 Å². The highest BCUT2D eigenvalue weighted by molar-refractivity contribution is 6.09. The Hall–Kier alpha value is -3.60. The van der Waals surface area contributed by atoms with Crippen molar-refractivity contribution in [2.45, 2.75) is 19.3 Å². The topological polar surface area (TPSA) is 42.0 Å². The number of hydrogen-bond acceptors (Lipinski definition) is 2. The largest absolute Gasteiger partial charge is 0.355 e. The number of carbonyl (C=O) groups excluding carboxylic acids is 1. The molecule has 1 N–H and O–H groups in total. The number of carbonyl (C=O) groups is 1. The van der Waals surface area contributed by atoms with Crippen LogP contribution < -0.4 is 5.32 Å². The third-order valence-corrected chi connectivity index (χ3v) is 5.92. The van der Waals surface area contributed by atoms with Gasteiger partial charge >= 0.3 is 0 Å². The monoisotopic (exact) mass is 414 g/mol. The van der Waals surface area contributed by atoms with Crippen LogP contribution in [0.15, 0.2) is 60.7 Å². The van der Waals surface area contributed by atoms with E-state index in [9.17, 15) is 13.6 Å². The summed E-state index contributed by atoms with van der Waals surface area (Å²) in [6.45, 7) is 0. The molecule has 154 valence electrons. The van der Waals surface area contributed by atoms with Gasteiger partial charge < -0.3 is 5.32 Å². The highest BCUT2D eigenvalue weighted by Crippen LogP contribution is 2.38. The first kappa shape index (κ1) is 19.4. The van der Waals surface area contributed by atoms with Gasteiger partial charge in [0.1, 0.15) is 11.6 Å². The molecule has 1 amide bonds. The van der Waals surface area contributed by atoms with Gasteiger partial charge in [-0.2, -0.15) is 0 Å². The Bertz CT molecular complexity index is 1350. The first-order valence-corrected chi connectivity index (χ1v) is 10.3. The number of nitrogens with one attached hydrogen (secondary N) is 1. The van der Waals surface area contributed by atoms with Gasteiger partial charge in [-0.1, -0.05) is 36.4 Å². The van der Waals surface area contributed by atoms with Crippen LogP contribution in [0.5, 0.6) is 0 Å². The average Bonchev–Trinajstić information content (AvgIpc) is 2.96. The summed E-state index contributed by atoms with van der Waals surface area (Å²) in [6.07, 6.45) is 2.25. The van der Waals surface area contributed by atoms with E-state index >= 15 is 0 Å². The van der Waals surface area contributed by atoms with Gasteiger partial charge in [-0.25, -0.2) is 13.8 Å². The van der Waals surface area contributed by atoms with Crippen LogP contribution in [0, 0.1) is 11.6 Å². The van der Waals surface area contributed by atoms with Gasteiger partial charge in [0.25, 0.3) is 5.91 Å². The Kier molecular flexibility index (Phi) is 4.74. The lowest BCUT2D eigenvalue weighted by molar-refractivity contribution is 0.0964. The molecule has 0 saturated heterocycles. The molecule has 3 nitrogen and oxygen atoms in total. The van der Waals surface area contributed by atoms with Crippen LogP contribution >= 0.6 is 0 Å². The maximum Gasteiger partial charge on any atom is 0.252 e. The quantitative estimate of drug-likeness (QED) is 0.458. The molecular formula is C26H20F2N2O. The summed E-state index contributed by atoms with van der Waals surface area (Å²) in [5.41, 5.74) is 6.00.